The second-order valence-electron chi connectivity index (χ2n) is 4.29. The van der Waals surface area contributed by atoms with Crippen LogP contribution in [0.5, 0.6) is 5.75 Å². The number of hydrogen-bond acceptors (Lipinski definition) is 3. The summed E-state index contributed by atoms with van der Waals surface area (Å²) in [5.74, 6) is 0.850. The minimum Gasteiger partial charge on any atom is -0.492 e. The lowest BCUT2D eigenvalue weighted by molar-refractivity contribution is 0.336. The Morgan fingerprint density at radius 3 is 2.38 bits per heavy atom. The summed E-state index contributed by atoms with van der Waals surface area (Å²) in [6.07, 6.45) is 3.65. The first-order valence-electron chi connectivity index (χ1n) is 6.41. The van der Waals surface area contributed by atoms with Crippen LogP contribution in [0.2, 0.25) is 0 Å². The van der Waals surface area contributed by atoms with Crippen LogP contribution in [0.1, 0.15) is 18.1 Å². The van der Waals surface area contributed by atoms with Crippen molar-refractivity contribution in [3.63, 3.8) is 0 Å². The third-order valence-corrected chi connectivity index (χ3v) is 3.91. The van der Waals surface area contributed by atoms with Crippen molar-refractivity contribution < 1.29 is 4.74 Å². The number of halogens is 3. The molecule has 21 heavy (non-hydrogen) atoms. The predicted octanol–water partition coefficient (Wildman–Crippen LogP) is 4.72. The van der Waals surface area contributed by atoms with Gasteiger partial charge >= 0.3 is 0 Å². The van der Waals surface area contributed by atoms with Crippen molar-refractivity contribution in [2.45, 2.75) is 20.0 Å². The maximum atomic E-state index is 5.57. The number of nitrogens with zero attached hydrogens (tertiary/aromatic N) is 1. The van der Waals surface area contributed by atoms with E-state index in [0.29, 0.717) is 6.61 Å². The van der Waals surface area contributed by atoms with E-state index in [4.69, 9.17) is 4.74 Å². The summed E-state index contributed by atoms with van der Waals surface area (Å²) >= 11 is 7.09. The quantitative estimate of drug-likeness (QED) is 0.712. The highest BCUT2D eigenvalue weighted by Gasteiger charge is 2.08. The highest BCUT2D eigenvalue weighted by Crippen LogP contribution is 2.34. The predicted molar refractivity (Wildman–Crippen MR) is 95.0 cm³/mol. The molecule has 0 saturated carbocycles. The highest BCUT2D eigenvalue weighted by atomic mass is 79.9. The molecule has 2 aromatic rings. The lowest BCUT2D eigenvalue weighted by Gasteiger charge is -2.11. The number of ether oxygens (including phenoxy) is 1. The zero-order chi connectivity index (χ0) is 14.4. The molecule has 0 bridgehead atoms. The van der Waals surface area contributed by atoms with Gasteiger partial charge in [-0.25, -0.2) is 0 Å². The van der Waals surface area contributed by atoms with Crippen molar-refractivity contribution in [1.82, 2.24) is 10.3 Å². The highest BCUT2D eigenvalue weighted by molar-refractivity contribution is 9.11. The van der Waals surface area contributed by atoms with Gasteiger partial charge in [0.15, 0.2) is 0 Å². The summed E-state index contributed by atoms with van der Waals surface area (Å²) in [4.78, 5) is 4.10. The monoisotopic (exact) mass is 434 g/mol. The summed E-state index contributed by atoms with van der Waals surface area (Å²) in [6, 6.07) is 8.16. The van der Waals surface area contributed by atoms with Crippen molar-refractivity contribution in [2.75, 3.05) is 6.61 Å². The number of nitrogens with one attached hydrogen (secondary N) is 1. The number of benzene rings is 1. The fourth-order valence-electron chi connectivity index (χ4n) is 1.85. The van der Waals surface area contributed by atoms with E-state index in [9.17, 15) is 0 Å². The van der Waals surface area contributed by atoms with Gasteiger partial charge in [0.1, 0.15) is 5.75 Å². The molecule has 0 atom stereocenters. The zero-order valence-corrected chi connectivity index (χ0v) is 15.6. The Morgan fingerprint density at radius 1 is 1.14 bits per heavy atom. The summed E-state index contributed by atoms with van der Waals surface area (Å²) in [5, 5.41) is 3.40. The Bertz CT molecular complexity index is 544. The molecule has 0 aliphatic carbocycles. The first-order chi connectivity index (χ1) is 9.70. The number of aromatic nitrogens is 1. The Morgan fingerprint density at radius 2 is 1.81 bits per heavy atom. The molecule has 0 unspecified atom stereocenters. The molecule has 0 radical (unpaired) electrons. The molecule has 2 rings (SSSR count). The average Bonchev–Trinajstić information content (AvgIpc) is 2.44. The van der Waals surface area contributed by atoms with Crippen LogP contribution in [0.3, 0.4) is 0 Å². The third-order valence-electron chi connectivity index (χ3n) is 2.73. The van der Waals surface area contributed by atoms with Gasteiger partial charge in [-0.05, 0) is 68.1 Å². The van der Waals surface area contributed by atoms with Gasteiger partial charge in [0.2, 0.25) is 0 Å². The molecule has 1 N–H and O–H groups in total. The number of rotatable bonds is 6. The first-order valence-corrected chi connectivity index (χ1v) is 7.99. The first kappa shape index (κ1) is 18.4. The minimum absolute atomic E-state index is 0. The maximum absolute atomic E-state index is 5.57. The SMILES string of the molecule is CCOc1c(Br)cc(CNCc2cccnc2)cc1Br.Cl. The zero-order valence-electron chi connectivity index (χ0n) is 11.6. The lowest BCUT2D eigenvalue weighted by Crippen LogP contribution is -2.13. The van der Waals surface area contributed by atoms with Crippen LogP contribution in [0.4, 0.5) is 0 Å². The van der Waals surface area contributed by atoms with Crippen LogP contribution in [0.25, 0.3) is 0 Å². The van der Waals surface area contributed by atoms with Crippen molar-refractivity contribution in [1.29, 1.82) is 0 Å². The van der Waals surface area contributed by atoms with Gasteiger partial charge in [0.05, 0.1) is 15.6 Å². The summed E-state index contributed by atoms with van der Waals surface area (Å²) in [5.41, 5.74) is 2.37. The molecule has 0 aliphatic rings. The van der Waals surface area contributed by atoms with Gasteiger partial charge in [-0.15, -0.1) is 12.4 Å². The van der Waals surface area contributed by atoms with Crippen LogP contribution in [0.15, 0.2) is 45.6 Å². The van der Waals surface area contributed by atoms with Gasteiger partial charge < -0.3 is 10.1 Å². The van der Waals surface area contributed by atoms with Gasteiger partial charge in [-0.3, -0.25) is 4.98 Å². The lowest BCUT2D eigenvalue weighted by atomic mass is 10.2. The molecule has 0 spiro atoms. The Labute approximate surface area is 148 Å². The fraction of sp³-hybridized carbons (Fsp3) is 0.267. The molecular weight excluding hydrogens is 419 g/mol. The molecule has 0 amide bonds. The summed E-state index contributed by atoms with van der Waals surface area (Å²) in [7, 11) is 0. The molecule has 1 aromatic heterocycles. The summed E-state index contributed by atoms with van der Waals surface area (Å²) in [6.45, 7) is 4.22. The second-order valence-corrected chi connectivity index (χ2v) is 6.00. The van der Waals surface area contributed by atoms with E-state index in [0.717, 1.165) is 27.8 Å². The second kappa shape index (κ2) is 9.41. The molecule has 3 nitrogen and oxygen atoms in total. The Balaban J connectivity index is 0.00000220. The average molecular weight is 437 g/mol. The van der Waals surface area contributed by atoms with E-state index in [1.807, 2.05) is 19.2 Å². The molecule has 0 aliphatic heterocycles. The van der Waals surface area contributed by atoms with E-state index in [1.54, 1.807) is 6.20 Å². The van der Waals surface area contributed by atoms with Crippen molar-refractivity contribution >= 4 is 44.3 Å². The van der Waals surface area contributed by atoms with Gasteiger partial charge in [-0.2, -0.15) is 0 Å². The topological polar surface area (TPSA) is 34.1 Å². The van der Waals surface area contributed by atoms with Crippen LogP contribution in [-0.2, 0) is 13.1 Å². The number of pyridine rings is 1. The van der Waals surface area contributed by atoms with Crippen molar-refractivity contribution in [2.24, 2.45) is 0 Å². The van der Waals surface area contributed by atoms with Gasteiger partial charge in [0.25, 0.3) is 0 Å². The number of hydrogen-bond donors (Lipinski definition) is 1. The summed E-state index contributed by atoms with van der Waals surface area (Å²) < 4.78 is 7.50. The van der Waals surface area contributed by atoms with Crippen LogP contribution < -0.4 is 10.1 Å². The van der Waals surface area contributed by atoms with Crippen molar-refractivity contribution in [3.05, 3.63) is 56.7 Å². The standard InChI is InChI=1S/C15H16Br2N2O.ClH/c1-2-20-15-13(16)6-12(7-14(15)17)10-19-9-11-4-3-5-18-8-11;/h3-8,19H,2,9-10H2,1H3;1H. The largest absolute Gasteiger partial charge is 0.492 e. The van der Waals surface area contributed by atoms with E-state index in [-0.39, 0.29) is 12.4 Å². The Kier molecular flexibility index (Phi) is 8.26. The van der Waals surface area contributed by atoms with Crippen LogP contribution >= 0.6 is 44.3 Å². The molecular formula is C15H17Br2ClN2O. The molecule has 1 heterocycles. The molecule has 0 fully saturated rings. The molecule has 6 heteroatoms. The maximum Gasteiger partial charge on any atom is 0.147 e. The minimum atomic E-state index is 0. The van der Waals surface area contributed by atoms with E-state index in [1.165, 1.54) is 11.1 Å². The smallest absolute Gasteiger partial charge is 0.147 e. The van der Waals surface area contributed by atoms with Crippen LogP contribution in [-0.4, -0.2) is 11.6 Å². The van der Waals surface area contributed by atoms with E-state index in [2.05, 4.69) is 60.4 Å². The molecule has 1 aromatic carbocycles. The third kappa shape index (κ3) is 5.58. The van der Waals surface area contributed by atoms with Crippen LogP contribution in [0, 0.1) is 0 Å². The molecule has 0 saturated heterocycles. The van der Waals surface area contributed by atoms with Gasteiger partial charge in [0, 0.05) is 25.5 Å². The van der Waals surface area contributed by atoms with Crippen molar-refractivity contribution in [3.8, 4) is 5.75 Å². The Hall–Kier alpha value is -0.620. The van der Waals surface area contributed by atoms with E-state index < -0.39 is 0 Å². The fourth-order valence-corrected chi connectivity index (χ4v) is 3.36. The van der Waals surface area contributed by atoms with E-state index >= 15 is 0 Å². The van der Waals surface area contributed by atoms with Gasteiger partial charge in [-0.1, -0.05) is 6.07 Å². The normalized spacial score (nSPS) is 10.0. The molecule has 114 valence electrons.